The lowest BCUT2D eigenvalue weighted by Gasteiger charge is -2.35. The summed E-state index contributed by atoms with van der Waals surface area (Å²) in [4.78, 5) is 0.0699. The molecule has 4 nitrogen and oxygen atoms in total. The lowest BCUT2D eigenvalue weighted by molar-refractivity contribution is 0.196. The van der Waals surface area contributed by atoms with E-state index < -0.39 is 15.8 Å². The third-order valence-corrected chi connectivity index (χ3v) is 5.45. The number of para-hydroxylation sites is 2. The number of rotatable bonds is 3. The third-order valence-electron chi connectivity index (χ3n) is 3.65. The Bertz CT molecular complexity index is 774. The SMILES string of the molecule is CCC1CN(S(=O)(=O)c2ccc(F)cc2)c2ccccc2O1. The molecule has 116 valence electrons. The lowest BCUT2D eigenvalue weighted by Crippen LogP contribution is -2.43. The highest BCUT2D eigenvalue weighted by molar-refractivity contribution is 7.92. The van der Waals surface area contributed by atoms with Crippen molar-refractivity contribution in [2.45, 2.75) is 24.3 Å². The van der Waals surface area contributed by atoms with Crippen molar-refractivity contribution in [2.75, 3.05) is 10.8 Å². The highest BCUT2D eigenvalue weighted by atomic mass is 32.2. The van der Waals surface area contributed by atoms with Crippen molar-refractivity contribution < 1.29 is 17.5 Å². The maximum atomic E-state index is 13.0. The Morgan fingerprint density at radius 2 is 1.86 bits per heavy atom. The van der Waals surface area contributed by atoms with E-state index in [9.17, 15) is 12.8 Å². The van der Waals surface area contributed by atoms with Gasteiger partial charge in [-0.05, 0) is 42.8 Å². The Morgan fingerprint density at radius 3 is 2.55 bits per heavy atom. The molecule has 6 heteroatoms. The van der Waals surface area contributed by atoms with Gasteiger partial charge in [0, 0.05) is 0 Å². The van der Waals surface area contributed by atoms with Crippen LogP contribution >= 0.6 is 0 Å². The summed E-state index contributed by atoms with van der Waals surface area (Å²) in [7, 11) is -3.75. The van der Waals surface area contributed by atoms with Gasteiger partial charge in [0.1, 0.15) is 17.7 Å². The molecule has 0 aliphatic carbocycles. The minimum Gasteiger partial charge on any atom is -0.486 e. The molecule has 1 atom stereocenters. The van der Waals surface area contributed by atoms with E-state index in [1.807, 2.05) is 6.92 Å². The number of ether oxygens (including phenoxy) is 1. The van der Waals surface area contributed by atoms with Crippen molar-refractivity contribution in [1.29, 1.82) is 0 Å². The number of sulfonamides is 1. The van der Waals surface area contributed by atoms with Crippen LogP contribution in [0.25, 0.3) is 0 Å². The number of hydrogen-bond donors (Lipinski definition) is 0. The molecule has 0 spiro atoms. The average molecular weight is 321 g/mol. The fraction of sp³-hybridized carbons (Fsp3) is 0.250. The average Bonchev–Trinajstić information content (AvgIpc) is 2.54. The van der Waals surface area contributed by atoms with Crippen LogP contribution in [0, 0.1) is 5.82 Å². The van der Waals surface area contributed by atoms with Crippen molar-refractivity contribution in [3.8, 4) is 5.75 Å². The van der Waals surface area contributed by atoms with E-state index in [2.05, 4.69) is 0 Å². The number of fused-ring (bicyclic) bond motifs is 1. The first-order chi connectivity index (χ1) is 10.5. The standard InChI is InChI=1S/C16H16FNO3S/c1-2-13-11-18(15-5-3-4-6-16(15)21-13)22(19,20)14-9-7-12(17)8-10-14/h3-10,13H,2,11H2,1H3. The third kappa shape index (κ3) is 2.54. The molecule has 1 aliphatic heterocycles. The Kier molecular flexibility index (Phi) is 3.78. The number of anilines is 1. The minimum atomic E-state index is -3.75. The van der Waals surface area contributed by atoms with Gasteiger partial charge in [0.05, 0.1) is 17.1 Å². The molecule has 1 unspecified atom stereocenters. The molecule has 0 fully saturated rings. The van der Waals surface area contributed by atoms with E-state index >= 15 is 0 Å². The van der Waals surface area contributed by atoms with Crippen molar-refractivity contribution in [1.82, 2.24) is 0 Å². The van der Waals surface area contributed by atoms with Crippen LogP contribution in [-0.4, -0.2) is 21.1 Å². The van der Waals surface area contributed by atoms with Crippen LogP contribution in [0.5, 0.6) is 5.75 Å². The van der Waals surface area contributed by atoms with Gasteiger partial charge in [-0.3, -0.25) is 4.31 Å². The zero-order valence-electron chi connectivity index (χ0n) is 12.1. The van der Waals surface area contributed by atoms with Gasteiger partial charge in [0.15, 0.2) is 0 Å². The van der Waals surface area contributed by atoms with E-state index in [0.29, 0.717) is 17.9 Å². The highest BCUT2D eigenvalue weighted by Crippen LogP contribution is 2.37. The highest BCUT2D eigenvalue weighted by Gasteiger charge is 2.33. The van der Waals surface area contributed by atoms with Gasteiger partial charge in [-0.2, -0.15) is 0 Å². The Labute approximate surface area is 129 Å². The fourth-order valence-electron chi connectivity index (χ4n) is 2.44. The fourth-order valence-corrected chi connectivity index (χ4v) is 3.94. The molecule has 0 N–H and O–H groups in total. The summed E-state index contributed by atoms with van der Waals surface area (Å²) < 4.78 is 45.9. The molecule has 22 heavy (non-hydrogen) atoms. The molecule has 0 saturated carbocycles. The first-order valence-electron chi connectivity index (χ1n) is 7.06. The Hall–Kier alpha value is -2.08. The first kappa shape index (κ1) is 14.8. The van der Waals surface area contributed by atoms with Crippen molar-refractivity contribution in [2.24, 2.45) is 0 Å². The molecule has 1 heterocycles. The Balaban J connectivity index is 2.08. The maximum absolute atomic E-state index is 13.0. The summed E-state index contributed by atoms with van der Waals surface area (Å²) in [6, 6.07) is 11.9. The summed E-state index contributed by atoms with van der Waals surface area (Å²) in [6.07, 6.45) is 0.495. The van der Waals surface area contributed by atoms with Gasteiger partial charge in [-0.1, -0.05) is 19.1 Å². The number of hydrogen-bond acceptors (Lipinski definition) is 3. The van der Waals surface area contributed by atoms with Crippen LogP contribution < -0.4 is 9.04 Å². The zero-order valence-corrected chi connectivity index (χ0v) is 12.9. The van der Waals surface area contributed by atoms with Gasteiger partial charge < -0.3 is 4.74 Å². The second-order valence-corrected chi connectivity index (χ2v) is 6.97. The summed E-state index contributed by atoms with van der Waals surface area (Å²) in [6.45, 7) is 2.19. The summed E-state index contributed by atoms with van der Waals surface area (Å²) in [5, 5.41) is 0. The molecule has 0 radical (unpaired) electrons. The molecular formula is C16H16FNO3S. The van der Waals surface area contributed by atoms with Gasteiger partial charge in [0.25, 0.3) is 10.0 Å². The van der Waals surface area contributed by atoms with E-state index in [1.165, 1.54) is 16.4 Å². The van der Waals surface area contributed by atoms with Crippen molar-refractivity contribution in [3.05, 3.63) is 54.3 Å². The van der Waals surface area contributed by atoms with E-state index in [4.69, 9.17) is 4.74 Å². The monoisotopic (exact) mass is 321 g/mol. The topological polar surface area (TPSA) is 46.6 Å². The van der Waals surface area contributed by atoms with Gasteiger partial charge in [-0.25, -0.2) is 12.8 Å². The Morgan fingerprint density at radius 1 is 1.18 bits per heavy atom. The normalized spacial score (nSPS) is 17.7. The van der Waals surface area contributed by atoms with E-state index in [-0.39, 0.29) is 17.5 Å². The summed E-state index contributed by atoms with van der Waals surface area (Å²) in [5.74, 6) is 0.0825. The molecule has 0 amide bonds. The van der Waals surface area contributed by atoms with Crippen LogP contribution in [0.3, 0.4) is 0 Å². The molecule has 2 aromatic rings. The molecule has 0 bridgehead atoms. The number of nitrogens with zero attached hydrogens (tertiary/aromatic N) is 1. The largest absolute Gasteiger partial charge is 0.486 e. The van der Waals surface area contributed by atoms with Gasteiger partial charge in [0.2, 0.25) is 0 Å². The van der Waals surface area contributed by atoms with Crippen LogP contribution in [0.2, 0.25) is 0 Å². The maximum Gasteiger partial charge on any atom is 0.264 e. The second-order valence-electron chi connectivity index (χ2n) is 5.11. The zero-order chi connectivity index (χ0) is 15.7. The first-order valence-corrected chi connectivity index (χ1v) is 8.50. The second kappa shape index (κ2) is 5.61. The molecule has 3 rings (SSSR count). The van der Waals surface area contributed by atoms with Crippen LogP contribution in [-0.2, 0) is 10.0 Å². The van der Waals surface area contributed by atoms with E-state index in [0.717, 1.165) is 12.1 Å². The quantitative estimate of drug-likeness (QED) is 0.872. The van der Waals surface area contributed by atoms with Gasteiger partial charge >= 0.3 is 0 Å². The van der Waals surface area contributed by atoms with Crippen LogP contribution in [0.1, 0.15) is 13.3 Å². The molecule has 2 aromatic carbocycles. The van der Waals surface area contributed by atoms with Crippen LogP contribution in [0.4, 0.5) is 10.1 Å². The lowest BCUT2D eigenvalue weighted by atomic mass is 10.2. The molecule has 0 aromatic heterocycles. The van der Waals surface area contributed by atoms with Crippen molar-refractivity contribution in [3.63, 3.8) is 0 Å². The number of benzene rings is 2. The smallest absolute Gasteiger partial charge is 0.264 e. The molecular weight excluding hydrogens is 305 g/mol. The van der Waals surface area contributed by atoms with Crippen LogP contribution in [0.15, 0.2) is 53.4 Å². The number of halogens is 1. The predicted octanol–water partition coefficient (Wildman–Crippen LogP) is 3.19. The molecule has 1 aliphatic rings. The van der Waals surface area contributed by atoms with Gasteiger partial charge in [-0.15, -0.1) is 0 Å². The summed E-state index contributed by atoms with van der Waals surface area (Å²) >= 11 is 0. The molecule has 0 saturated heterocycles. The predicted molar refractivity (Wildman–Crippen MR) is 82.1 cm³/mol. The van der Waals surface area contributed by atoms with Crippen molar-refractivity contribution >= 4 is 15.7 Å². The van der Waals surface area contributed by atoms with E-state index in [1.54, 1.807) is 24.3 Å². The summed E-state index contributed by atoms with van der Waals surface area (Å²) in [5.41, 5.74) is 0.511. The minimum absolute atomic E-state index is 0.0699.